The van der Waals surface area contributed by atoms with E-state index in [1.165, 1.54) is 0 Å². The Morgan fingerprint density at radius 1 is 1.42 bits per heavy atom. The van der Waals surface area contributed by atoms with E-state index in [1.54, 1.807) is 37.4 Å². The maximum absolute atomic E-state index is 12.4. The molecular weight excluding hydrogens is 356 g/mol. The van der Waals surface area contributed by atoms with Crippen molar-refractivity contribution in [2.75, 3.05) is 12.8 Å². The molecule has 7 nitrogen and oxygen atoms in total. The highest BCUT2D eigenvalue weighted by molar-refractivity contribution is 6.59. The summed E-state index contributed by atoms with van der Waals surface area (Å²) in [5, 5.41) is 3.95. The van der Waals surface area contributed by atoms with Gasteiger partial charge in [0, 0.05) is 12.0 Å². The maximum atomic E-state index is 12.4. The van der Waals surface area contributed by atoms with Gasteiger partial charge in [0.1, 0.15) is 12.4 Å². The van der Waals surface area contributed by atoms with Crippen LogP contribution in [0.3, 0.4) is 0 Å². The van der Waals surface area contributed by atoms with Gasteiger partial charge >= 0.3 is 5.97 Å². The number of aromatic nitrogens is 1. The van der Waals surface area contributed by atoms with Crippen LogP contribution < -0.4 is 10.5 Å². The minimum Gasteiger partial charge on any atom is -0.497 e. The number of rotatable bonds is 5. The van der Waals surface area contributed by atoms with E-state index in [4.69, 9.17) is 31.6 Å². The molecule has 1 aliphatic rings. The highest BCUT2D eigenvalue weighted by atomic mass is 35.5. The third kappa shape index (κ3) is 3.91. The van der Waals surface area contributed by atoms with Gasteiger partial charge in [-0.1, -0.05) is 23.7 Å². The van der Waals surface area contributed by atoms with Crippen molar-refractivity contribution in [3.8, 4) is 5.75 Å². The van der Waals surface area contributed by atoms with Gasteiger partial charge in [-0.15, -0.1) is 5.16 Å². The number of nitrogen functional groups attached to an aromatic ring is 1. The highest BCUT2D eigenvalue weighted by Crippen LogP contribution is 2.31. The van der Waals surface area contributed by atoms with Gasteiger partial charge in [0.15, 0.2) is 19.6 Å². The fraction of sp³-hybridized carbons (Fsp3) is 0.235. The lowest BCUT2D eigenvalue weighted by atomic mass is 9.95. The first-order valence-corrected chi connectivity index (χ1v) is 8.31. The average Bonchev–Trinajstić information content (AvgIpc) is 3.08. The van der Waals surface area contributed by atoms with Crippen LogP contribution in [0.15, 0.2) is 35.5 Å². The monoisotopic (exact) mass is 373 g/mol. The van der Waals surface area contributed by atoms with Crippen LogP contribution in [0, 0.1) is 0 Å². The van der Waals surface area contributed by atoms with E-state index in [-0.39, 0.29) is 29.1 Å². The minimum absolute atomic E-state index is 0.0386. The van der Waals surface area contributed by atoms with Crippen molar-refractivity contribution in [1.29, 1.82) is 0 Å². The number of methoxy groups -OCH3 is 1. The Kier molecular flexibility index (Phi) is 5.32. The van der Waals surface area contributed by atoms with Crippen molar-refractivity contribution in [2.45, 2.75) is 19.1 Å². The number of hydrogen-bond donors (Lipinski definition) is 1. The van der Waals surface area contributed by atoms with E-state index in [2.05, 4.69) is 10.1 Å². The summed E-state index contributed by atoms with van der Waals surface area (Å²) in [5.41, 5.74) is 8.25. The van der Waals surface area contributed by atoms with E-state index >= 15 is 0 Å². The van der Waals surface area contributed by atoms with Crippen molar-refractivity contribution in [3.63, 3.8) is 0 Å². The predicted molar refractivity (Wildman–Crippen MR) is 100 cm³/mol. The van der Waals surface area contributed by atoms with E-state index < -0.39 is 5.97 Å². The number of carbonyl (C=O) groups excluding carboxylic acids is 1. The van der Waals surface area contributed by atoms with E-state index in [0.717, 1.165) is 16.9 Å². The van der Waals surface area contributed by atoms with Crippen LogP contribution in [0.2, 0.25) is 5.02 Å². The Labute approximate surface area is 156 Å². The number of esters is 1. The molecule has 2 aromatic rings. The lowest BCUT2D eigenvalue weighted by Gasteiger charge is -2.13. The number of anilines is 1. The molecule has 2 N–H and O–H groups in total. The zero-order valence-electron chi connectivity index (χ0n) is 14.4. The number of pyridine rings is 1. The van der Waals surface area contributed by atoms with Crippen LogP contribution in [-0.4, -0.2) is 31.5 Å². The summed E-state index contributed by atoms with van der Waals surface area (Å²) < 4.78 is 10.4. The standard InChI is InChI=1S/C17H17BClN3O4/c1-24-10-4-2-9(3-5-10)8-25-17(23)16-15(19)11(20)6-12(21-16)13-7-14(18)22-26-13/h2-6,13H,7-8,18H2,1H3,(H2,20,21). The zero-order chi connectivity index (χ0) is 18.7. The fourth-order valence-electron chi connectivity index (χ4n) is 2.46. The molecule has 134 valence electrons. The Morgan fingerprint density at radius 3 is 2.77 bits per heavy atom. The molecule has 0 saturated carbocycles. The average molecular weight is 374 g/mol. The molecule has 1 unspecified atom stereocenters. The molecule has 0 amide bonds. The quantitative estimate of drug-likeness (QED) is 0.637. The first-order chi connectivity index (χ1) is 12.5. The summed E-state index contributed by atoms with van der Waals surface area (Å²) in [6, 6.07) is 8.76. The molecule has 1 aliphatic heterocycles. The molecule has 0 radical (unpaired) electrons. The Balaban J connectivity index is 1.74. The summed E-state index contributed by atoms with van der Waals surface area (Å²) in [6.45, 7) is 0.0765. The second-order valence-electron chi connectivity index (χ2n) is 5.85. The fourth-order valence-corrected chi connectivity index (χ4v) is 2.64. The Morgan fingerprint density at radius 2 is 2.15 bits per heavy atom. The van der Waals surface area contributed by atoms with Crippen LogP contribution >= 0.6 is 11.6 Å². The molecule has 2 heterocycles. The second-order valence-corrected chi connectivity index (χ2v) is 6.23. The third-order valence-corrected chi connectivity index (χ3v) is 4.27. The first-order valence-electron chi connectivity index (χ1n) is 7.93. The molecule has 1 aromatic carbocycles. The normalized spacial score (nSPS) is 15.9. The van der Waals surface area contributed by atoms with Crippen LogP contribution in [0.5, 0.6) is 5.75 Å². The van der Waals surface area contributed by atoms with Gasteiger partial charge in [-0.2, -0.15) is 0 Å². The summed E-state index contributed by atoms with van der Waals surface area (Å²) >= 11 is 6.14. The molecule has 0 spiro atoms. The number of benzene rings is 1. The Hall–Kier alpha value is -2.74. The molecule has 1 aromatic heterocycles. The smallest absolute Gasteiger partial charge is 0.358 e. The summed E-state index contributed by atoms with van der Waals surface area (Å²) in [5.74, 6) is 0.0642. The minimum atomic E-state index is -0.657. The van der Waals surface area contributed by atoms with Gasteiger partial charge in [0.2, 0.25) is 0 Å². The summed E-state index contributed by atoms with van der Waals surface area (Å²) in [6.07, 6.45) is 0.191. The zero-order valence-corrected chi connectivity index (χ0v) is 15.1. The molecule has 3 rings (SSSR count). The molecule has 1 atom stereocenters. The van der Waals surface area contributed by atoms with E-state index in [0.29, 0.717) is 12.1 Å². The summed E-state index contributed by atoms with van der Waals surface area (Å²) in [7, 11) is 3.43. The van der Waals surface area contributed by atoms with Gasteiger partial charge < -0.3 is 20.0 Å². The van der Waals surface area contributed by atoms with Crippen molar-refractivity contribution in [2.24, 2.45) is 5.16 Å². The molecule has 9 heteroatoms. The predicted octanol–water partition coefficient (Wildman–Crippen LogP) is 2.09. The molecule has 0 saturated heterocycles. The highest BCUT2D eigenvalue weighted by Gasteiger charge is 2.26. The maximum Gasteiger partial charge on any atom is 0.358 e. The van der Waals surface area contributed by atoms with Crippen molar-refractivity contribution < 1.29 is 19.1 Å². The van der Waals surface area contributed by atoms with E-state index in [9.17, 15) is 4.79 Å². The molecule has 0 fully saturated rings. The molecular formula is C17H17BClN3O4. The van der Waals surface area contributed by atoms with Gasteiger partial charge in [-0.25, -0.2) is 9.78 Å². The van der Waals surface area contributed by atoms with Crippen molar-refractivity contribution in [3.05, 3.63) is 52.3 Å². The second kappa shape index (κ2) is 7.66. The number of nitrogens with two attached hydrogens (primary N) is 1. The van der Waals surface area contributed by atoms with Crippen LogP contribution in [0.1, 0.15) is 34.3 Å². The topological polar surface area (TPSA) is 96.0 Å². The van der Waals surface area contributed by atoms with E-state index in [1.807, 2.05) is 7.85 Å². The van der Waals surface area contributed by atoms with Crippen LogP contribution in [0.25, 0.3) is 0 Å². The number of oxime groups is 1. The number of halogens is 1. The lowest BCUT2D eigenvalue weighted by molar-refractivity contribution is 0.0462. The van der Waals surface area contributed by atoms with Gasteiger partial charge in [-0.05, 0) is 23.8 Å². The van der Waals surface area contributed by atoms with Crippen LogP contribution in [0.4, 0.5) is 5.69 Å². The van der Waals surface area contributed by atoms with Crippen LogP contribution in [-0.2, 0) is 16.2 Å². The molecule has 0 bridgehead atoms. The molecule has 26 heavy (non-hydrogen) atoms. The lowest BCUT2D eigenvalue weighted by Crippen LogP contribution is -2.13. The molecule has 0 aliphatic carbocycles. The number of hydrogen-bond acceptors (Lipinski definition) is 7. The number of nitrogens with zero attached hydrogens (tertiary/aromatic N) is 2. The third-order valence-electron chi connectivity index (χ3n) is 3.87. The van der Waals surface area contributed by atoms with Gasteiger partial charge in [0.05, 0.1) is 23.5 Å². The Bertz CT molecular complexity index is 858. The largest absolute Gasteiger partial charge is 0.497 e. The first kappa shape index (κ1) is 18.1. The number of carbonyl (C=O) groups is 1. The number of ether oxygens (including phenoxy) is 2. The SMILES string of the molecule is BC1=NOC(c2cc(N)c(Cl)c(C(=O)OCc3ccc(OC)cc3)n2)C1. The summed E-state index contributed by atoms with van der Waals surface area (Å²) in [4.78, 5) is 22.0. The van der Waals surface area contributed by atoms with Crippen molar-refractivity contribution >= 4 is 36.7 Å². The van der Waals surface area contributed by atoms with Gasteiger partial charge in [-0.3, -0.25) is 0 Å². The van der Waals surface area contributed by atoms with Crippen molar-refractivity contribution in [1.82, 2.24) is 4.98 Å². The van der Waals surface area contributed by atoms with Gasteiger partial charge in [0.25, 0.3) is 0 Å².